The number of unbranched alkanes of at least 4 members (excludes halogenated alkanes) is 2. The minimum absolute atomic E-state index is 0.00593. The number of imidazole rings is 1. The molecular weight excluding hydrogens is 1700 g/mol. The van der Waals surface area contributed by atoms with Crippen LogP contribution in [0.3, 0.4) is 0 Å². The molecule has 130 heavy (non-hydrogen) atoms. The van der Waals surface area contributed by atoms with Crippen LogP contribution in [0.25, 0.3) is 21.8 Å². The second-order valence-corrected chi connectivity index (χ2v) is 34.2. The number of nitrogens with one attached hydrogen (secondary N) is 16. The third-order valence-electron chi connectivity index (χ3n) is 22.9. The maximum absolute atomic E-state index is 15.7. The topological polar surface area (TPSA) is 613 Å². The van der Waals surface area contributed by atoms with Crippen molar-refractivity contribution in [3.8, 4) is 0 Å². The van der Waals surface area contributed by atoms with Gasteiger partial charge in [-0.25, -0.2) is 4.98 Å². The summed E-state index contributed by atoms with van der Waals surface area (Å²) in [6.45, 7) is 6.27. The van der Waals surface area contributed by atoms with E-state index < -0.39 is 217 Å². The Balaban J connectivity index is 1.16. The van der Waals surface area contributed by atoms with Crippen LogP contribution in [0.15, 0.2) is 104 Å². The highest BCUT2D eigenvalue weighted by Crippen LogP contribution is 2.26. The molecule has 2 saturated heterocycles. The molecule has 2 aliphatic heterocycles. The molecule has 13 atom stereocenters. The normalized spacial score (nSPS) is 23.6. The van der Waals surface area contributed by atoms with E-state index in [9.17, 15) is 62.6 Å². The van der Waals surface area contributed by atoms with Gasteiger partial charge in [-0.05, 0) is 86.6 Å². The summed E-state index contributed by atoms with van der Waals surface area (Å²) in [5.74, 6) is -15.3. The van der Waals surface area contributed by atoms with Gasteiger partial charge in [0.2, 0.25) is 94.5 Å². The number of guanidine groups is 1. The molecule has 0 bridgehead atoms. The number of likely N-dealkylation sites (N-methyl/N-ethyl adjacent to an activating group) is 3. The highest BCUT2D eigenvalue weighted by molar-refractivity contribution is 8.00. The summed E-state index contributed by atoms with van der Waals surface area (Å²) in [4.78, 5) is 251. The molecule has 0 saturated carbocycles. The molecule has 2 aliphatic rings. The molecule has 0 spiro atoms. The minimum Gasteiger partial charge on any atom is -0.394 e. The van der Waals surface area contributed by atoms with Gasteiger partial charge in [-0.1, -0.05) is 120 Å². The van der Waals surface area contributed by atoms with Gasteiger partial charge in [-0.3, -0.25) is 82.1 Å². The number of thioether (sulfide) groups is 1. The predicted octanol–water partition coefficient (Wildman–Crippen LogP) is -2.01. The fraction of sp³-hybridized carbons (Fsp3) is 0.523. The standard InChI is InChI=1S/C88H126N24O17S/c1-9-11-30-70-83(125)103-61(29-20-32-94-88(91)92)79(121)108-69(78(120)98-44-73(90)115)47-130-48-75(117)102-65(35-52-22-14-13-15-23-52)84(126)109(6)51(5)76(118)105-67(39-72(89)114)86(128)112-33-21-24-56(112)43-97-62(38-55-42-93-49-100-55)80(122)104-63(34-50(3)4)77(119)99-45-74(116)101-64(36-53-40-95-59-27-18-16-25-57(53)59)81(123)107-68(46-113)82(124)106-66(37-54-41-96-60-28-19-17-26-58(54)60)85(127)111(8)71(31-12-10-2)87(129)110(70)7/h13-19,22-23,25-28,40-42,49-51,56,61-71,95-97,113H,9-12,20-21,24,29-39,43-48H2,1-8H3,(H2,89,114)(H2,90,115)(H,93,100)(H,98,120)(H,99,119)(H,101,116)(H,102,117)(H,103,125)(H,104,122)(H,105,118)(H,106,124)(H,107,123)(H,108,121)(H4,91,92,94)/t51-,56?,61-,62-,63-,64-,65-,66-,67-,68-,69-,70-,71-/m0/s1. The van der Waals surface area contributed by atoms with E-state index in [1.54, 1.807) is 91.3 Å². The molecule has 0 aliphatic carbocycles. The molecule has 41 nitrogen and oxygen atoms in total. The summed E-state index contributed by atoms with van der Waals surface area (Å²) in [6, 6.07) is 4.63. The number of amides is 16. The van der Waals surface area contributed by atoms with Crippen molar-refractivity contribution in [3.05, 3.63) is 126 Å². The van der Waals surface area contributed by atoms with Gasteiger partial charge < -0.3 is 121 Å². The average Bonchev–Trinajstić information content (AvgIpc) is 1.59. The van der Waals surface area contributed by atoms with Crippen LogP contribution in [0.4, 0.5) is 0 Å². The molecule has 23 N–H and O–H groups in total. The maximum atomic E-state index is 15.7. The van der Waals surface area contributed by atoms with Crippen molar-refractivity contribution in [1.82, 2.24) is 103 Å². The lowest BCUT2D eigenvalue weighted by atomic mass is 10.00. The number of aliphatic hydroxyl groups excluding tert-OH is 1. The van der Waals surface area contributed by atoms with E-state index >= 15 is 19.2 Å². The van der Waals surface area contributed by atoms with E-state index in [0.717, 1.165) is 21.6 Å². The predicted molar refractivity (Wildman–Crippen MR) is 485 cm³/mol. The van der Waals surface area contributed by atoms with E-state index in [-0.39, 0.29) is 83.3 Å². The van der Waals surface area contributed by atoms with Crippen molar-refractivity contribution < 1.29 is 81.8 Å². The Morgan fingerprint density at radius 3 is 1.74 bits per heavy atom. The Kier molecular flexibility index (Phi) is 39.9. The second kappa shape index (κ2) is 50.7. The van der Waals surface area contributed by atoms with Crippen LogP contribution in [0.2, 0.25) is 0 Å². The number of fused-ring (bicyclic) bond motifs is 3. The fourth-order valence-electron chi connectivity index (χ4n) is 15.6. The molecule has 0 radical (unpaired) electrons. The van der Waals surface area contributed by atoms with Crippen LogP contribution in [-0.2, 0) is 102 Å². The first-order chi connectivity index (χ1) is 62.1. The minimum atomic E-state index is -1.83. The van der Waals surface area contributed by atoms with Gasteiger partial charge in [0.25, 0.3) is 0 Å². The van der Waals surface area contributed by atoms with Crippen molar-refractivity contribution >= 4 is 134 Å². The summed E-state index contributed by atoms with van der Waals surface area (Å²) < 4.78 is 0. The SMILES string of the molecule is CCCC[C@H]1C(=O)N(C)[C@@H](CCCC)C(=O)N[C@@H](CCCNC(=N)N)C(=O)N[C@H](C(=O)NCC(N)=O)CSCC(=O)N[C@@H](Cc2ccccc2)C(=O)N(C)[C@@H](C)C(=O)N[C@@H](CC(N)=O)C(=O)N2CCCC2CN[C@@H](Cc2cnc[nH]2)C(=O)N[C@@H](CC(C)C)C(=O)NCC(=O)N[C@@H](Cc2c[nH]c3ccccc23)C(=O)N[C@@H](CO)C(=O)N[C@@H](Cc2c[nH]c3ccccc23)C(=O)N1C. The lowest BCUT2D eigenvalue weighted by Crippen LogP contribution is -2.61. The average molecular weight is 1820 g/mol. The zero-order chi connectivity index (χ0) is 94.8. The molecule has 3 aromatic carbocycles. The van der Waals surface area contributed by atoms with Crippen LogP contribution in [0, 0.1) is 11.3 Å². The molecule has 706 valence electrons. The van der Waals surface area contributed by atoms with Crippen molar-refractivity contribution in [3.63, 3.8) is 0 Å². The summed E-state index contributed by atoms with van der Waals surface area (Å²) in [5, 5.41) is 52.8. The number of hydrogen-bond donors (Lipinski definition) is 20. The molecule has 6 aromatic rings. The van der Waals surface area contributed by atoms with Crippen LogP contribution in [0.1, 0.15) is 134 Å². The van der Waals surface area contributed by atoms with Crippen LogP contribution < -0.4 is 81.0 Å². The van der Waals surface area contributed by atoms with E-state index in [2.05, 4.69) is 83.7 Å². The van der Waals surface area contributed by atoms with Crippen LogP contribution in [0.5, 0.6) is 0 Å². The molecular formula is C88H126N24O17S. The number of aromatic nitrogens is 4. The molecule has 8 rings (SSSR count). The largest absolute Gasteiger partial charge is 0.394 e. The van der Waals surface area contributed by atoms with Crippen LogP contribution >= 0.6 is 11.8 Å². The zero-order valence-electron chi connectivity index (χ0n) is 74.7. The van der Waals surface area contributed by atoms with Gasteiger partial charge in [0.05, 0.1) is 44.2 Å². The number of nitrogens with zero attached hydrogens (tertiary/aromatic N) is 5. The molecule has 1 unspecified atom stereocenters. The van der Waals surface area contributed by atoms with Gasteiger partial charge in [0.15, 0.2) is 5.96 Å². The molecule has 2 fully saturated rings. The Bertz CT molecular complexity index is 4910. The van der Waals surface area contributed by atoms with Gasteiger partial charge in [0, 0.05) is 124 Å². The van der Waals surface area contributed by atoms with Gasteiger partial charge >= 0.3 is 0 Å². The molecule has 16 amide bonds. The zero-order valence-corrected chi connectivity index (χ0v) is 75.5. The number of aliphatic hydroxyl groups is 1. The summed E-state index contributed by atoms with van der Waals surface area (Å²) in [7, 11) is 4.02. The van der Waals surface area contributed by atoms with Gasteiger partial charge in [0.1, 0.15) is 66.5 Å². The van der Waals surface area contributed by atoms with Crippen molar-refractivity contribution in [1.29, 1.82) is 5.41 Å². The fourth-order valence-corrected chi connectivity index (χ4v) is 16.5. The number of para-hydroxylation sites is 2. The number of carbonyl (C=O) groups is 16. The first kappa shape index (κ1) is 102. The number of rotatable bonds is 26. The van der Waals surface area contributed by atoms with Crippen molar-refractivity contribution in [2.75, 3.05) is 72.0 Å². The van der Waals surface area contributed by atoms with Gasteiger partial charge in [-0.2, -0.15) is 0 Å². The van der Waals surface area contributed by atoms with Gasteiger partial charge in [-0.15, -0.1) is 11.8 Å². The van der Waals surface area contributed by atoms with E-state index in [0.29, 0.717) is 82.7 Å². The smallest absolute Gasteiger partial charge is 0.245 e. The van der Waals surface area contributed by atoms with Crippen molar-refractivity contribution in [2.45, 2.75) is 216 Å². The number of aromatic amines is 3. The summed E-state index contributed by atoms with van der Waals surface area (Å²) >= 11 is 0.815. The number of nitrogens with two attached hydrogens (primary N) is 3. The third kappa shape index (κ3) is 30.3. The van der Waals surface area contributed by atoms with E-state index in [1.807, 2.05) is 27.7 Å². The van der Waals surface area contributed by atoms with E-state index in [4.69, 9.17) is 22.6 Å². The number of H-pyrrole nitrogens is 3. The summed E-state index contributed by atoms with van der Waals surface area (Å²) in [5.41, 5.74) is 20.3. The Morgan fingerprint density at radius 1 is 0.562 bits per heavy atom. The number of hydrogen-bond acceptors (Lipinski definition) is 21. The lowest BCUT2D eigenvalue weighted by Gasteiger charge is -2.36. The Labute approximate surface area is 758 Å². The Morgan fingerprint density at radius 2 is 1.12 bits per heavy atom. The Hall–Kier alpha value is -13.0. The first-order valence-electron chi connectivity index (χ1n) is 43.8. The van der Waals surface area contributed by atoms with Crippen LogP contribution in [-0.4, -0.2) is 296 Å². The number of benzene rings is 3. The number of primary amides is 2. The molecule has 5 heterocycles. The highest BCUT2D eigenvalue weighted by atomic mass is 32.2. The maximum Gasteiger partial charge on any atom is 0.245 e. The number of carbonyl (C=O) groups excluding carboxylic acids is 16. The third-order valence-corrected chi connectivity index (χ3v) is 24.0. The molecule has 42 heteroatoms. The molecule has 3 aromatic heterocycles. The lowest BCUT2D eigenvalue weighted by molar-refractivity contribution is -0.149. The first-order valence-corrected chi connectivity index (χ1v) is 45.0. The highest BCUT2D eigenvalue weighted by Gasteiger charge is 2.42. The monoisotopic (exact) mass is 1820 g/mol. The van der Waals surface area contributed by atoms with Crippen molar-refractivity contribution in [2.24, 2.45) is 23.1 Å². The summed E-state index contributed by atoms with van der Waals surface area (Å²) in [6.07, 6.45) is 7.37. The quantitative estimate of drug-likeness (QED) is 0.0159. The van der Waals surface area contributed by atoms with E-state index in [1.165, 1.54) is 50.4 Å². The second-order valence-electron chi connectivity index (χ2n) is 33.2.